The van der Waals surface area contributed by atoms with Gasteiger partial charge in [0.25, 0.3) is 5.91 Å². The molecule has 5 nitrogen and oxygen atoms in total. The van der Waals surface area contributed by atoms with E-state index in [1.54, 1.807) is 24.3 Å². The third kappa shape index (κ3) is 4.22. The Morgan fingerprint density at radius 3 is 2.76 bits per heavy atom. The van der Waals surface area contributed by atoms with Crippen molar-refractivity contribution in [1.82, 2.24) is 4.98 Å². The van der Waals surface area contributed by atoms with E-state index in [1.165, 1.54) is 12.1 Å². The number of carbonyl (C=O) groups is 1. The molecule has 7 heteroatoms. The zero-order valence-electron chi connectivity index (χ0n) is 10.9. The Balaban J connectivity index is 1.95. The van der Waals surface area contributed by atoms with Crippen molar-refractivity contribution in [3.05, 3.63) is 54.0 Å². The number of amides is 1. The number of hydrogen-bond donors (Lipinski definition) is 2. The molecule has 0 radical (unpaired) electrons. The van der Waals surface area contributed by atoms with Gasteiger partial charge in [-0.2, -0.15) is 0 Å². The van der Waals surface area contributed by atoms with Crippen LogP contribution in [0.5, 0.6) is 5.75 Å². The number of ether oxygens (including phenoxy) is 1. The van der Waals surface area contributed by atoms with Crippen molar-refractivity contribution >= 4 is 28.9 Å². The fourth-order valence-electron chi connectivity index (χ4n) is 1.57. The van der Waals surface area contributed by atoms with E-state index >= 15 is 0 Å². The SMILES string of the molecule is NC(=S)c1ccccc1OCC(=O)Nc1ccc(F)cn1. The molecule has 21 heavy (non-hydrogen) atoms. The summed E-state index contributed by atoms with van der Waals surface area (Å²) in [7, 11) is 0. The predicted octanol–water partition coefficient (Wildman–Crippen LogP) is 1.87. The molecule has 1 aromatic heterocycles. The lowest BCUT2D eigenvalue weighted by Crippen LogP contribution is -2.22. The second-order valence-corrected chi connectivity index (χ2v) is 4.50. The lowest BCUT2D eigenvalue weighted by atomic mass is 10.2. The number of para-hydroxylation sites is 1. The number of nitrogens with two attached hydrogens (primary N) is 1. The van der Waals surface area contributed by atoms with Crippen LogP contribution in [0, 0.1) is 5.82 Å². The summed E-state index contributed by atoms with van der Waals surface area (Å²) in [5.41, 5.74) is 6.12. The quantitative estimate of drug-likeness (QED) is 0.825. The van der Waals surface area contributed by atoms with Crippen molar-refractivity contribution in [3.63, 3.8) is 0 Å². The van der Waals surface area contributed by atoms with E-state index in [4.69, 9.17) is 22.7 Å². The van der Waals surface area contributed by atoms with Crippen LogP contribution in [0.25, 0.3) is 0 Å². The maximum atomic E-state index is 12.7. The van der Waals surface area contributed by atoms with E-state index in [-0.39, 0.29) is 17.4 Å². The lowest BCUT2D eigenvalue weighted by molar-refractivity contribution is -0.118. The van der Waals surface area contributed by atoms with Gasteiger partial charge in [-0.3, -0.25) is 4.79 Å². The highest BCUT2D eigenvalue weighted by Crippen LogP contribution is 2.17. The van der Waals surface area contributed by atoms with Crippen molar-refractivity contribution < 1.29 is 13.9 Å². The minimum Gasteiger partial charge on any atom is -0.483 e. The number of pyridine rings is 1. The molecule has 108 valence electrons. The van der Waals surface area contributed by atoms with Gasteiger partial charge in [0.05, 0.1) is 11.8 Å². The molecule has 1 aromatic carbocycles. The van der Waals surface area contributed by atoms with Gasteiger partial charge in [0.1, 0.15) is 22.4 Å². The zero-order valence-corrected chi connectivity index (χ0v) is 11.7. The Kier molecular flexibility index (Phi) is 4.78. The van der Waals surface area contributed by atoms with Gasteiger partial charge in [0, 0.05) is 0 Å². The smallest absolute Gasteiger partial charge is 0.263 e. The first-order chi connectivity index (χ1) is 10.1. The molecule has 0 bridgehead atoms. The first kappa shape index (κ1) is 14.9. The van der Waals surface area contributed by atoms with Crippen LogP contribution in [0.3, 0.4) is 0 Å². The standard InChI is InChI=1S/C14H12FN3O2S/c15-9-5-6-12(17-7-9)18-13(19)8-20-11-4-2-1-3-10(11)14(16)21/h1-7H,8H2,(H2,16,21)(H,17,18,19). The van der Waals surface area contributed by atoms with Crippen LogP contribution < -0.4 is 15.8 Å². The van der Waals surface area contributed by atoms with Gasteiger partial charge in [-0.1, -0.05) is 24.4 Å². The molecular formula is C14H12FN3O2S. The molecule has 0 aliphatic carbocycles. The molecule has 0 unspecified atom stereocenters. The third-order valence-electron chi connectivity index (χ3n) is 2.51. The number of carbonyl (C=O) groups excluding carboxylic acids is 1. The molecule has 0 aliphatic heterocycles. The number of thiocarbonyl (C=S) groups is 1. The Hall–Kier alpha value is -2.54. The van der Waals surface area contributed by atoms with E-state index in [2.05, 4.69) is 10.3 Å². The van der Waals surface area contributed by atoms with Crippen molar-refractivity contribution in [3.8, 4) is 5.75 Å². The Morgan fingerprint density at radius 1 is 1.33 bits per heavy atom. The van der Waals surface area contributed by atoms with E-state index in [1.807, 2.05) is 0 Å². The third-order valence-corrected chi connectivity index (χ3v) is 2.73. The highest BCUT2D eigenvalue weighted by atomic mass is 32.1. The molecule has 0 saturated heterocycles. The number of nitrogens with one attached hydrogen (secondary N) is 1. The Labute approximate surface area is 125 Å². The molecule has 2 rings (SSSR count). The molecular weight excluding hydrogens is 293 g/mol. The van der Waals surface area contributed by atoms with E-state index < -0.39 is 11.7 Å². The van der Waals surface area contributed by atoms with Crippen LogP contribution in [-0.2, 0) is 4.79 Å². The first-order valence-corrected chi connectivity index (χ1v) is 6.40. The number of rotatable bonds is 5. The predicted molar refractivity (Wildman–Crippen MR) is 80.6 cm³/mol. The summed E-state index contributed by atoms with van der Waals surface area (Å²) < 4.78 is 18.1. The van der Waals surface area contributed by atoms with Gasteiger partial charge < -0.3 is 15.8 Å². The number of halogens is 1. The number of aromatic nitrogens is 1. The highest BCUT2D eigenvalue weighted by Gasteiger charge is 2.09. The maximum absolute atomic E-state index is 12.7. The lowest BCUT2D eigenvalue weighted by Gasteiger charge is -2.10. The first-order valence-electron chi connectivity index (χ1n) is 5.99. The van der Waals surface area contributed by atoms with Crippen LogP contribution in [0.1, 0.15) is 5.56 Å². The summed E-state index contributed by atoms with van der Waals surface area (Å²) in [4.78, 5) is 15.6. The minimum atomic E-state index is -0.477. The topological polar surface area (TPSA) is 77.2 Å². The largest absolute Gasteiger partial charge is 0.483 e. The Morgan fingerprint density at radius 2 is 2.10 bits per heavy atom. The molecule has 0 fully saturated rings. The van der Waals surface area contributed by atoms with Crippen LogP contribution in [0.4, 0.5) is 10.2 Å². The number of hydrogen-bond acceptors (Lipinski definition) is 4. The van der Waals surface area contributed by atoms with Crippen molar-refractivity contribution in [1.29, 1.82) is 0 Å². The normalized spacial score (nSPS) is 9.95. The van der Waals surface area contributed by atoms with Gasteiger partial charge >= 0.3 is 0 Å². The molecule has 0 spiro atoms. The van der Waals surface area contributed by atoms with Crippen LogP contribution in [0.15, 0.2) is 42.6 Å². The average Bonchev–Trinajstić information content (AvgIpc) is 2.48. The molecule has 0 saturated carbocycles. The number of anilines is 1. The summed E-state index contributed by atoms with van der Waals surface area (Å²) in [5, 5.41) is 2.48. The summed E-state index contributed by atoms with van der Waals surface area (Å²) >= 11 is 4.90. The van der Waals surface area contributed by atoms with Crippen LogP contribution in [-0.4, -0.2) is 22.5 Å². The van der Waals surface area contributed by atoms with Crippen molar-refractivity contribution in [2.75, 3.05) is 11.9 Å². The van der Waals surface area contributed by atoms with Gasteiger partial charge in [-0.25, -0.2) is 9.37 Å². The average molecular weight is 305 g/mol. The summed E-state index contributed by atoms with van der Waals surface area (Å²) in [6.45, 7) is -0.237. The summed E-state index contributed by atoms with van der Waals surface area (Å²) in [5.74, 6) is -0.235. The molecule has 0 atom stereocenters. The monoisotopic (exact) mass is 305 g/mol. The maximum Gasteiger partial charge on any atom is 0.263 e. The summed E-state index contributed by atoms with van der Waals surface area (Å²) in [6, 6.07) is 9.44. The second-order valence-electron chi connectivity index (χ2n) is 4.06. The van der Waals surface area contributed by atoms with E-state index in [0.717, 1.165) is 6.20 Å². The fourth-order valence-corrected chi connectivity index (χ4v) is 1.74. The van der Waals surface area contributed by atoms with E-state index in [9.17, 15) is 9.18 Å². The van der Waals surface area contributed by atoms with Crippen molar-refractivity contribution in [2.45, 2.75) is 0 Å². The zero-order chi connectivity index (χ0) is 15.2. The molecule has 1 amide bonds. The Bertz CT molecular complexity index is 662. The number of benzene rings is 1. The second kappa shape index (κ2) is 6.76. The highest BCUT2D eigenvalue weighted by molar-refractivity contribution is 7.80. The number of nitrogens with zero attached hydrogens (tertiary/aromatic N) is 1. The molecule has 0 aliphatic rings. The van der Waals surface area contributed by atoms with Crippen LogP contribution >= 0.6 is 12.2 Å². The van der Waals surface area contributed by atoms with Gasteiger partial charge in [-0.05, 0) is 24.3 Å². The van der Waals surface area contributed by atoms with Crippen LogP contribution in [0.2, 0.25) is 0 Å². The molecule has 3 N–H and O–H groups in total. The molecule has 1 heterocycles. The fraction of sp³-hybridized carbons (Fsp3) is 0.0714. The summed E-state index contributed by atoms with van der Waals surface area (Å²) in [6.07, 6.45) is 1.01. The minimum absolute atomic E-state index is 0.186. The molecule has 2 aromatic rings. The van der Waals surface area contributed by atoms with E-state index in [0.29, 0.717) is 11.3 Å². The van der Waals surface area contributed by atoms with Gasteiger partial charge in [0.2, 0.25) is 0 Å². The van der Waals surface area contributed by atoms with Crippen molar-refractivity contribution in [2.24, 2.45) is 5.73 Å². The van der Waals surface area contributed by atoms with Gasteiger partial charge in [-0.15, -0.1) is 0 Å². The van der Waals surface area contributed by atoms with Gasteiger partial charge in [0.15, 0.2) is 6.61 Å².